The number of carbonyl (C=O) groups excluding carboxylic acids is 1. The van der Waals surface area contributed by atoms with Crippen LogP contribution in [0.1, 0.15) is 20.3 Å². The molecule has 2 rings (SSSR count). The van der Waals surface area contributed by atoms with Gasteiger partial charge >= 0.3 is 0 Å². The number of hydrogen-bond acceptors (Lipinski definition) is 4. The number of ketones is 1. The van der Waals surface area contributed by atoms with Crippen molar-refractivity contribution >= 4 is 11.6 Å². The van der Waals surface area contributed by atoms with Crippen LogP contribution in [0.25, 0.3) is 0 Å². The zero-order valence-electron chi connectivity index (χ0n) is 11.6. The number of hydrogen-bond donors (Lipinski definition) is 1. The first-order valence-electron chi connectivity index (χ1n) is 6.46. The Morgan fingerprint density at radius 3 is 2.84 bits per heavy atom. The van der Waals surface area contributed by atoms with Gasteiger partial charge in [-0.3, -0.25) is 9.69 Å². The average molecular weight is 265 g/mol. The molecule has 4 nitrogen and oxygen atoms in total. The van der Waals surface area contributed by atoms with Crippen LogP contribution in [0.3, 0.4) is 0 Å². The Bertz CT molecular complexity index is 458. The molecule has 1 aromatic rings. The minimum atomic E-state index is -0.380. The molecule has 0 unspecified atom stereocenters. The Balaban J connectivity index is 1.90. The molecule has 1 atom stereocenters. The second-order valence-electron chi connectivity index (χ2n) is 5.98. The van der Waals surface area contributed by atoms with Crippen molar-refractivity contribution in [3.05, 3.63) is 24.1 Å². The molecule has 2 heterocycles. The summed E-state index contributed by atoms with van der Waals surface area (Å²) < 4.78 is 12.7. The Kier molecular flexibility index (Phi) is 3.85. The van der Waals surface area contributed by atoms with Gasteiger partial charge in [-0.1, -0.05) is 13.8 Å². The summed E-state index contributed by atoms with van der Waals surface area (Å²) in [4.78, 5) is 18.1. The summed E-state index contributed by atoms with van der Waals surface area (Å²) in [5.74, 6) is 0.294. The molecule has 1 aromatic heterocycles. The van der Waals surface area contributed by atoms with Gasteiger partial charge in [0.05, 0.1) is 18.8 Å². The molecule has 1 aliphatic heterocycles. The van der Waals surface area contributed by atoms with Crippen LogP contribution in [0, 0.1) is 11.2 Å². The van der Waals surface area contributed by atoms with E-state index >= 15 is 0 Å². The molecule has 1 saturated heterocycles. The van der Waals surface area contributed by atoms with E-state index in [9.17, 15) is 9.18 Å². The predicted octanol–water partition coefficient (Wildman–Crippen LogP) is 1.93. The number of aromatic nitrogens is 1. The highest BCUT2D eigenvalue weighted by Gasteiger charge is 2.38. The maximum Gasteiger partial charge on any atom is 0.168 e. The van der Waals surface area contributed by atoms with Gasteiger partial charge in [-0.05, 0) is 31.0 Å². The quantitative estimate of drug-likeness (QED) is 0.903. The molecule has 104 valence electrons. The maximum atomic E-state index is 12.7. The van der Waals surface area contributed by atoms with Crippen molar-refractivity contribution in [2.75, 3.05) is 25.5 Å². The molecule has 0 aliphatic carbocycles. The highest BCUT2D eigenvalue weighted by Crippen LogP contribution is 2.33. The molecule has 5 heteroatoms. The van der Waals surface area contributed by atoms with Crippen LogP contribution in [0.2, 0.25) is 0 Å². The van der Waals surface area contributed by atoms with E-state index in [0.29, 0.717) is 5.82 Å². The molecule has 0 amide bonds. The molecule has 1 N–H and O–H groups in total. The van der Waals surface area contributed by atoms with E-state index < -0.39 is 0 Å². The van der Waals surface area contributed by atoms with Crippen molar-refractivity contribution in [3.63, 3.8) is 0 Å². The van der Waals surface area contributed by atoms with E-state index in [1.54, 1.807) is 0 Å². The standard InChI is InChI=1S/C14H20FN3O/c1-14(2)6-11(18(3)9-14)12(19)8-17-13-5-4-10(15)7-16-13/h4-5,7,11H,6,8-9H2,1-3H3,(H,16,17)/t11-/m0/s1. The number of halogens is 1. The number of Topliss-reactive ketones (excluding diaryl/α,β-unsaturated/α-hetero) is 1. The zero-order chi connectivity index (χ0) is 14.0. The lowest BCUT2D eigenvalue weighted by Crippen LogP contribution is -2.36. The summed E-state index contributed by atoms with van der Waals surface area (Å²) in [7, 11) is 1.98. The summed E-state index contributed by atoms with van der Waals surface area (Å²) in [6.45, 7) is 5.50. The number of carbonyl (C=O) groups is 1. The highest BCUT2D eigenvalue weighted by molar-refractivity contribution is 5.88. The van der Waals surface area contributed by atoms with Crippen LogP contribution in [-0.4, -0.2) is 41.8 Å². The van der Waals surface area contributed by atoms with Gasteiger partial charge in [-0.2, -0.15) is 0 Å². The molecular formula is C14H20FN3O. The molecule has 1 fully saturated rings. The van der Waals surface area contributed by atoms with Gasteiger partial charge in [0.1, 0.15) is 11.6 Å². The molecular weight excluding hydrogens is 245 g/mol. The number of likely N-dealkylation sites (N-methyl/N-ethyl adjacent to an activating group) is 1. The van der Waals surface area contributed by atoms with Gasteiger partial charge in [-0.15, -0.1) is 0 Å². The van der Waals surface area contributed by atoms with E-state index in [1.807, 2.05) is 7.05 Å². The number of pyridine rings is 1. The largest absolute Gasteiger partial charge is 0.363 e. The first-order chi connectivity index (χ1) is 8.87. The molecule has 0 spiro atoms. The summed E-state index contributed by atoms with van der Waals surface area (Å²) in [5, 5.41) is 2.94. The number of anilines is 1. The number of rotatable bonds is 4. The third kappa shape index (κ3) is 3.50. The third-order valence-electron chi connectivity index (χ3n) is 3.50. The van der Waals surface area contributed by atoms with Crippen molar-refractivity contribution in [2.45, 2.75) is 26.3 Å². The molecule has 0 saturated carbocycles. The number of likely N-dealkylation sites (tertiary alicyclic amines) is 1. The fourth-order valence-corrected chi connectivity index (χ4v) is 2.66. The van der Waals surface area contributed by atoms with Gasteiger partial charge in [0.15, 0.2) is 5.78 Å². The van der Waals surface area contributed by atoms with Crippen LogP contribution in [0.4, 0.5) is 10.2 Å². The van der Waals surface area contributed by atoms with Crippen LogP contribution >= 0.6 is 0 Å². The highest BCUT2D eigenvalue weighted by atomic mass is 19.1. The summed E-state index contributed by atoms with van der Waals surface area (Å²) in [5.41, 5.74) is 0.184. The fraction of sp³-hybridized carbons (Fsp3) is 0.571. The normalized spacial score (nSPS) is 22.4. The predicted molar refractivity (Wildman–Crippen MR) is 72.5 cm³/mol. The van der Waals surface area contributed by atoms with Crippen molar-refractivity contribution in [1.82, 2.24) is 9.88 Å². The van der Waals surface area contributed by atoms with E-state index in [0.717, 1.165) is 19.2 Å². The Morgan fingerprint density at radius 1 is 1.58 bits per heavy atom. The minimum Gasteiger partial charge on any atom is -0.363 e. The smallest absolute Gasteiger partial charge is 0.168 e. The second kappa shape index (κ2) is 5.25. The summed E-state index contributed by atoms with van der Waals surface area (Å²) >= 11 is 0. The van der Waals surface area contributed by atoms with Crippen LogP contribution in [-0.2, 0) is 4.79 Å². The van der Waals surface area contributed by atoms with Crippen molar-refractivity contribution in [2.24, 2.45) is 5.41 Å². The molecule has 19 heavy (non-hydrogen) atoms. The number of nitrogens with zero attached hydrogens (tertiary/aromatic N) is 2. The monoisotopic (exact) mass is 265 g/mol. The van der Waals surface area contributed by atoms with E-state index in [-0.39, 0.29) is 29.6 Å². The molecule has 0 aromatic carbocycles. The first-order valence-corrected chi connectivity index (χ1v) is 6.46. The van der Waals surface area contributed by atoms with Crippen molar-refractivity contribution in [3.8, 4) is 0 Å². The minimum absolute atomic E-state index is 0.0389. The lowest BCUT2D eigenvalue weighted by Gasteiger charge is -2.18. The lowest BCUT2D eigenvalue weighted by molar-refractivity contribution is -0.121. The van der Waals surface area contributed by atoms with Crippen molar-refractivity contribution in [1.29, 1.82) is 0 Å². The SMILES string of the molecule is CN1CC(C)(C)C[C@H]1C(=O)CNc1ccc(F)cn1. The van der Waals surface area contributed by atoms with Gasteiger partial charge < -0.3 is 5.32 Å². The van der Waals surface area contributed by atoms with Gasteiger partial charge in [0.2, 0.25) is 0 Å². The fourth-order valence-electron chi connectivity index (χ4n) is 2.66. The lowest BCUT2D eigenvalue weighted by atomic mass is 9.89. The van der Waals surface area contributed by atoms with Gasteiger partial charge in [0.25, 0.3) is 0 Å². The maximum absolute atomic E-state index is 12.7. The van der Waals surface area contributed by atoms with Crippen LogP contribution in [0.15, 0.2) is 18.3 Å². The first kappa shape index (κ1) is 13.9. The average Bonchev–Trinajstić information content (AvgIpc) is 2.62. The second-order valence-corrected chi connectivity index (χ2v) is 5.98. The summed E-state index contributed by atoms with van der Waals surface area (Å²) in [6, 6.07) is 2.82. The van der Waals surface area contributed by atoms with E-state index in [4.69, 9.17) is 0 Å². The topological polar surface area (TPSA) is 45.2 Å². The van der Waals surface area contributed by atoms with E-state index in [2.05, 4.69) is 29.0 Å². The Labute approximate surface area is 113 Å². The number of nitrogens with one attached hydrogen (secondary N) is 1. The van der Waals surface area contributed by atoms with E-state index in [1.165, 1.54) is 12.1 Å². The zero-order valence-corrected chi connectivity index (χ0v) is 11.6. The van der Waals surface area contributed by atoms with Crippen LogP contribution in [0.5, 0.6) is 0 Å². The molecule has 1 aliphatic rings. The Morgan fingerprint density at radius 2 is 2.32 bits per heavy atom. The summed E-state index contributed by atoms with van der Waals surface area (Å²) in [6.07, 6.45) is 2.01. The van der Waals surface area contributed by atoms with Crippen molar-refractivity contribution < 1.29 is 9.18 Å². The third-order valence-corrected chi connectivity index (χ3v) is 3.50. The van der Waals surface area contributed by atoms with Gasteiger partial charge in [0, 0.05) is 6.54 Å². The van der Waals surface area contributed by atoms with Gasteiger partial charge in [-0.25, -0.2) is 9.37 Å². The molecule has 0 radical (unpaired) electrons. The Hall–Kier alpha value is -1.49. The van der Waals surface area contributed by atoms with Crippen LogP contribution < -0.4 is 5.32 Å². The molecule has 0 bridgehead atoms.